The van der Waals surface area contributed by atoms with Gasteiger partial charge in [0.2, 0.25) is 15.9 Å². The molecular formula is C14H15Cl2N2O5S2-. The third-order valence-electron chi connectivity index (χ3n) is 3.51. The molecule has 0 spiro atoms. The highest BCUT2D eigenvalue weighted by molar-refractivity contribution is 8.00. The summed E-state index contributed by atoms with van der Waals surface area (Å²) in [6, 6.07) is 4.11. The van der Waals surface area contributed by atoms with Crippen molar-refractivity contribution < 1.29 is 23.1 Å². The highest BCUT2D eigenvalue weighted by Gasteiger charge is 2.30. The fourth-order valence-corrected chi connectivity index (χ4v) is 5.09. The van der Waals surface area contributed by atoms with Crippen molar-refractivity contribution in [1.82, 2.24) is 9.21 Å². The average Bonchev–Trinajstić information content (AvgIpc) is 2.53. The van der Waals surface area contributed by atoms with E-state index in [9.17, 15) is 23.1 Å². The molecule has 11 heteroatoms. The second-order valence-corrected chi connectivity index (χ2v) is 9.05. The van der Waals surface area contributed by atoms with Crippen LogP contribution >= 0.6 is 35.0 Å². The van der Waals surface area contributed by atoms with Crippen molar-refractivity contribution in [2.24, 2.45) is 0 Å². The first kappa shape index (κ1) is 20.3. The molecule has 0 atom stereocenters. The van der Waals surface area contributed by atoms with E-state index in [1.54, 1.807) is 0 Å². The minimum atomic E-state index is -3.75. The van der Waals surface area contributed by atoms with E-state index in [2.05, 4.69) is 0 Å². The molecule has 1 aromatic rings. The zero-order chi connectivity index (χ0) is 18.6. The van der Waals surface area contributed by atoms with E-state index in [1.807, 2.05) is 0 Å². The van der Waals surface area contributed by atoms with E-state index < -0.39 is 16.0 Å². The van der Waals surface area contributed by atoms with Crippen LogP contribution in [0.25, 0.3) is 0 Å². The molecular weight excluding hydrogens is 411 g/mol. The number of halogens is 2. The Bertz CT molecular complexity index is 744. The fourth-order valence-electron chi connectivity index (χ4n) is 2.32. The van der Waals surface area contributed by atoms with Crippen LogP contribution in [-0.4, -0.2) is 67.2 Å². The predicted molar refractivity (Wildman–Crippen MR) is 94.1 cm³/mol. The number of piperazine rings is 1. The summed E-state index contributed by atoms with van der Waals surface area (Å²) in [5.74, 6) is -1.69. The highest BCUT2D eigenvalue weighted by Crippen LogP contribution is 2.25. The average molecular weight is 426 g/mol. The summed E-state index contributed by atoms with van der Waals surface area (Å²) >= 11 is 12.7. The Morgan fingerprint density at radius 2 is 1.60 bits per heavy atom. The SMILES string of the molecule is O=C([O-])CSCC(=O)N1CCN(S(=O)(=O)c2cc(Cl)cc(Cl)c2)CC1. The van der Waals surface area contributed by atoms with Crippen LogP contribution in [-0.2, 0) is 19.6 Å². The number of hydrogen-bond acceptors (Lipinski definition) is 6. The topological polar surface area (TPSA) is 97.8 Å². The van der Waals surface area contributed by atoms with Crippen molar-refractivity contribution >= 4 is 56.9 Å². The molecule has 1 fully saturated rings. The summed E-state index contributed by atoms with van der Waals surface area (Å²) < 4.78 is 26.6. The Kier molecular flexibility index (Phi) is 6.98. The highest BCUT2D eigenvalue weighted by atomic mass is 35.5. The van der Waals surface area contributed by atoms with Crippen molar-refractivity contribution in [2.75, 3.05) is 37.7 Å². The van der Waals surface area contributed by atoms with Crippen LogP contribution < -0.4 is 5.11 Å². The number of sulfonamides is 1. The number of nitrogens with zero attached hydrogens (tertiary/aromatic N) is 2. The lowest BCUT2D eigenvalue weighted by Gasteiger charge is -2.34. The number of hydrogen-bond donors (Lipinski definition) is 0. The molecule has 1 aliphatic heterocycles. The fraction of sp³-hybridized carbons (Fsp3) is 0.429. The minimum Gasteiger partial charge on any atom is -0.549 e. The summed E-state index contributed by atoms with van der Waals surface area (Å²) in [6.45, 7) is 0.753. The molecule has 1 amide bonds. The molecule has 0 unspecified atom stereocenters. The molecule has 1 saturated heterocycles. The van der Waals surface area contributed by atoms with E-state index in [0.29, 0.717) is 0 Å². The standard InChI is InChI=1S/C14H16Cl2N2O5S2/c15-10-5-11(16)7-12(6-10)25(22,23)18-3-1-17(2-4-18)13(19)8-24-9-14(20)21/h5-7H,1-4,8-9H2,(H,20,21)/p-1. The molecule has 25 heavy (non-hydrogen) atoms. The normalized spacial score (nSPS) is 16.0. The Balaban J connectivity index is 1.96. The van der Waals surface area contributed by atoms with E-state index in [-0.39, 0.29) is 58.5 Å². The molecule has 1 aromatic carbocycles. The van der Waals surface area contributed by atoms with Gasteiger partial charge < -0.3 is 14.8 Å². The van der Waals surface area contributed by atoms with Gasteiger partial charge in [-0.1, -0.05) is 23.2 Å². The van der Waals surface area contributed by atoms with Crippen molar-refractivity contribution in [2.45, 2.75) is 4.90 Å². The molecule has 2 rings (SSSR count). The van der Waals surface area contributed by atoms with Gasteiger partial charge in [0, 0.05) is 42.0 Å². The Labute approximate surface area is 159 Å². The van der Waals surface area contributed by atoms with Crippen LogP contribution in [0.15, 0.2) is 23.1 Å². The third kappa shape index (κ3) is 5.49. The molecule has 138 valence electrons. The van der Waals surface area contributed by atoms with Crippen LogP contribution in [0.1, 0.15) is 0 Å². The quantitative estimate of drug-likeness (QED) is 0.650. The Morgan fingerprint density at radius 1 is 1.04 bits per heavy atom. The largest absolute Gasteiger partial charge is 0.549 e. The minimum absolute atomic E-state index is 0.00860. The first-order chi connectivity index (χ1) is 11.7. The molecule has 0 aliphatic carbocycles. The summed E-state index contributed by atoms with van der Waals surface area (Å²) in [5, 5.41) is 10.8. The van der Waals surface area contributed by atoms with E-state index in [0.717, 1.165) is 11.8 Å². The monoisotopic (exact) mass is 425 g/mol. The number of carboxylic acid groups (broad SMARTS) is 1. The van der Waals surface area contributed by atoms with Gasteiger partial charge in [0.25, 0.3) is 0 Å². The van der Waals surface area contributed by atoms with Gasteiger partial charge in [0.1, 0.15) is 0 Å². The van der Waals surface area contributed by atoms with Crippen molar-refractivity contribution in [3.8, 4) is 0 Å². The summed E-state index contributed by atoms with van der Waals surface area (Å²) in [5.41, 5.74) is 0. The number of rotatable bonds is 6. The Hall–Kier alpha value is -1.000. The summed E-state index contributed by atoms with van der Waals surface area (Å²) in [7, 11) is -3.75. The molecule has 0 N–H and O–H groups in total. The molecule has 1 heterocycles. The van der Waals surface area contributed by atoms with Gasteiger partial charge in [0.05, 0.1) is 16.6 Å². The lowest BCUT2D eigenvalue weighted by molar-refractivity contribution is -0.301. The van der Waals surface area contributed by atoms with E-state index >= 15 is 0 Å². The lowest BCUT2D eigenvalue weighted by atomic mass is 10.3. The number of carboxylic acids is 1. The summed E-state index contributed by atoms with van der Waals surface area (Å²) in [6.07, 6.45) is 0. The number of aliphatic carboxylic acids is 1. The second-order valence-electron chi connectivity index (χ2n) is 5.25. The lowest BCUT2D eigenvalue weighted by Crippen LogP contribution is -2.51. The van der Waals surface area contributed by atoms with Crippen LogP contribution in [0.2, 0.25) is 10.0 Å². The van der Waals surface area contributed by atoms with Crippen LogP contribution in [0.5, 0.6) is 0 Å². The molecule has 0 aromatic heterocycles. The van der Waals surface area contributed by atoms with Crippen LogP contribution in [0.3, 0.4) is 0 Å². The van der Waals surface area contributed by atoms with Crippen molar-refractivity contribution in [3.05, 3.63) is 28.2 Å². The number of thioether (sulfide) groups is 1. The number of amides is 1. The maximum atomic E-state index is 12.6. The van der Waals surface area contributed by atoms with Gasteiger partial charge >= 0.3 is 0 Å². The van der Waals surface area contributed by atoms with Gasteiger partial charge in [-0.05, 0) is 18.2 Å². The first-order valence-corrected chi connectivity index (χ1v) is 10.6. The van der Waals surface area contributed by atoms with Crippen LogP contribution in [0.4, 0.5) is 0 Å². The number of benzene rings is 1. The molecule has 0 radical (unpaired) electrons. The number of carbonyl (C=O) groups excluding carboxylic acids is 2. The van der Waals surface area contributed by atoms with Crippen molar-refractivity contribution in [3.63, 3.8) is 0 Å². The smallest absolute Gasteiger partial charge is 0.243 e. The van der Waals surface area contributed by atoms with E-state index in [1.165, 1.54) is 27.4 Å². The van der Waals surface area contributed by atoms with E-state index in [4.69, 9.17) is 23.2 Å². The molecule has 7 nitrogen and oxygen atoms in total. The zero-order valence-corrected chi connectivity index (χ0v) is 16.1. The molecule has 1 aliphatic rings. The van der Waals surface area contributed by atoms with Gasteiger partial charge in [0.15, 0.2) is 0 Å². The van der Waals surface area contributed by atoms with Gasteiger partial charge in [-0.25, -0.2) is 8.42 Å². The number of carbonyl (C=O) groups is 2. The zero-order valence-electron chi connectivity index (χ0n) is 13.0. The van der Waals surface area contributed by atoms with Gasteiger partial charge in [-0.2, -0.15) is 4.31 Å². The maximum absolute atomic E-state index is 12.6. The molecule has 0 saturated carbocycles. The molecule has 0 bridgehead atoms. The van der Waals surface area contributed by atoms with Gasteiger partial charge in [-0.3, -0.25) is 4.79 Å². The Morgan fingerprint density at radius 3 is 2.12 bits per heavy atom. The first-order valence-electron chi connectivity index (χ1n) is 7.22. The van der Waals surface area contributed by atoms with Gasteiger partial charge in [-0.15, -0.1) is 11.8 Å². The summed E-state index contributed by atoms with van der Waals surface area (Å²) in [4.78, 5) is 23.8. The second kappa shape index (κ2) is 8.59. The van der Waals surface area contributed by atoms with Crippen molar-refractivity contribution in [1.29, 1.82) is 0 Å². The van der Waals surface area contributed by atoms with Crippen LogP contribution in [0, 0.1) is 0 Å². The third-order valence-corrected chi connectivity index (χ3v) is 6.71. The maximum Gasteiger partial charge on any atom is 0.243 e. The predicted octanol–water partition coefficient (Wildman–Crippen LogP) is 0.309.